The van der Waals surface area contributed by atoms with Gasteiger partial charge in [0.05, 0.1) is 5.69 Å². The molecular weight excluding hydrogens is 298 g/mol. The molecule has 1 aromatic carbocycles. The van der Waals surface area contributed by atoms with Crippen LogP contribution in [0.5, 0.6) is 0 Å². The minimum Gasteiger partial charge on any atom is -0.396 e. The fourth-order valence-electron chi connectivity index (χ4n) is 1.64. The largest absolute Gasteiger partial charge is 0.396 e. The van der Waals surface area contributed by atoms with Gasteiger partial charge in [0, 0.05) is 21.5 Å². The minimum atomic E-state index is 0.240. The third-order valence-corrected chi connectivity index (χ3v) is 4.29. The summed E-state index contributed by atoms with van der Waals surface area (Å²) < 4.78 is 1.07. The second-order valence-electron chi connectivity index (χ2n) is 3.87. The summed E-state index contributed by atoms with van der Waals surface area (Å²) >= 11 is 5.19. The quantitative estimate of drug-likeness (QED) is 0.931. The van der Waals surface area contributed by atoms with Crippen molar-refractivity contribution in [1.82, 2.24) is 4.98 Å². The van der Waals surface area contributed by atoms with Gasteiger partial charge in [0.1, 0.15) is 5.01 Å². The van der Waals surface area contributed by atoms with Crippen molar-refractivity contribution in [2.24, 2.45) is 0 Å². The van der Waals surface area contributed by atoms with E-state index in [1.54, 1.807) is 11.3 Å². The molecule has 0 saturated carbocycles. The molecule has 1 N–H and O–H groups in total. The number of aromatic nitrogens is 1. The third-order valence-electron chi connectivity index (χ3n) is 2.53. The van der Waals surface area contributed by atoms with Crippen molar-refractivity contribution in [3.05, 3.63) is 39.3 Å². The van der Waals surface area contributed by atoms with Gasteiger partial charge in [-0.15, -0.1) is 11.3 Å². The second-order valence-corrected chi connectivity index (χ2v) is 5.86. The zero-order valence-corrected chi connectivity index (χ0v) is 12.0. The molecule has 0 atom stereocenters. The summed E-state index contributed by atoms with van der Waals surface area (Å²) in [6, 6.07) is 8.17. The van der Waals surface area contributed by atoms with E-state index in [9.17, 15) is 0 Å². The molecule has 90 valence electrons. The van der Waals surface area contributed by atoms with Crippen LogP contribution in [0.1, 0.15) is 17.0 Å². The molecule has 0 aliphatic heterocycles. The summed E-state index contributed by atoms with van der Waals surface area (Å²) in [4.78, 5) is 5.86. The predicted octanol–water partition coefficient (Wildman–Crippen LogP) is 3.81. The lowest BCUT2D eigenvalue weighted by Gasteiger charge is -1.96. The number of benzene rings is 1. The monoisotopic (exact) mass is 311 g/mol. The van der Waals surface area contributed by atoms with Crippen molar-refractivity contribution < 1.29 is 5.11 Å². The molecule has 0 aliphatic carbocycles. The first-order valence-electron chi connectivity index (χ1n) is 5.54. The van der Waals surface area contributed by atoms with Gasteiger partial charge in [-0.05, 0) is 31.9 Å². The molecule has 2 rings (SSSR count). The maximum atomic E-state index is 8.86. The Bertz CT molecular complexity index is 510. The van der Waals surface area contributed by atoms with Crippen molar-refractivity contribution in [3.8, 4) is 10.6 Å². The highest BCUT2D eigenvalue weighted by molar-refractivity contribution is 9.10. The van der Waals surface area contributed by atoms with Gasteiger partial charge in [0.2, 0.25) is 0 Å². The van der Waals surface area contributed by atoms with Gasteiger partial charge in [-0.3, -0.25) is 0 Å². The Balaban J connectivity index is 2.28. The van der Waals surface area contributed by atoms with E-state index in [1.165, 1.54) is 4.88 Å². The van der Waals surface area contributed by atoms with Crippen LogP contribution in [0.15, 0.2) is 28.7 Å². The molecule has 1 aromatic heterocycles. The van der Waals surface area contributed by atoms with E-state index in [0.717, 1.165) is 33.6 Å². The highest BCUT2D eigenvalue weighted by atomic mass is 79.9. The Morgan fingerprint density at radius 2 is 2.24 bits per heavy atom. The van der Waals surface area contributed by atoms with E-state index in [4.69, 9.17) is 5.11 Å². The number of hydrogen-bond donors (Lipinski definition) is 1. The van der Waals surface area contributed by atoms with E-state index in [-0.39, 0.29) is 6.61 Å². The van der Waals surface area contributed by atoms with Crippen LogP contribution < -0.4 is 0 Å². The molecule has 2 aromatic rings. The summed E-state index contributed by atoms with van der Waals surface area (Å²) in [5.74, 6) is 0. The van der Waals surface area contributed by atoms with Crippen LogP contribution in [0, 0.1) is 6.92 Å². The Morgan fingerprint density at radius 3 is 2.94 bits per heavy atom. The van der Waals surface area contributed by atoms with Crippen LogP contribution in [-0.4, -0.2) is 16.7 Å². The highest BCUT2D eigenvalue weighted by Gasteiger charge is 2.09. The average Bonchev–Trinajstić information content (AvgIpc) is 2.68. The first kappa shape index (κ1) is 12.7. The maximum Gasteiger partial charge on any atom is 0.123 e. The van der Waals surface area contributed by atoms with Gasteiger partial charge in [-0.2, -0.15) is 0 Å². The van der Waals surface area contributed by atoms with Gasteiger partial charge in [0.25, 0.3) is 0 Å². The molecule has 0 bridgehead atoms. The molecule has 0 radical (unpaired) electrons. The summed E-state index contributed by atoms with van der Waals surface area (Å²) in [5, 5.41) is 9.91. The van der Waals surface area contributed by atoms with Crippen LogP contribution in [0.4, 0.5) is 0 Å². The van der Waals surface area contributed by atoms with Crippen molar-refractivity contribution in [2.45, 2.75) is 19.8 Å². The molecular formula is C13H14BrNOS. The molecule has 0 saturated heterocycles. The van der Waals surface area contributed by atoms with Crippen LogP contribution >= 0.6 is 27.3 Å². The Morgan fingerprint density at radius 1 is 1.41 bits per heavy atom. The zero-order valence-electron chi connectivity index (χ0n) is 9.61. The van der Waals surface area contributed by atoms with Crippen LogP contribution in [0.2, 0.25) is 0 Å². The topological polar surface area (TPSA) is 33.1 Å². The Labute approximate surface area is 113 Å². The van der Waals surface area contributed by atoms with Crippen molar-refractivity contribution in [2.75, 3.05) is 6.61 Å². The van der Waals surface area contributed by atoms with Gasteiger partial charge in [0.15, 0.2) is 0 Å². The fraction of sp³-hybridized carbons (Fsp3) is 0.308. The molecule has 0 spiro atoms. The van der Waals surface area contributed by atoms with E-state index in [2.05, 4.69) is 33.0 Å². The number of rotatable bonds is 4. The van der Waals surface area contributed by atoms with E-state index < -0.39 is 0 Å². The standard InChI is InChI=1S/C13H14BrNOS/c1-9-12(6-3-7-16)17-13(15-9)10-4-2-5-11(14)8-10/h2,4-5,8,16H,3,6-7H2,1H3. The van der Waals surface area contributed by atoms with Crippen LogP contribution in [-0.2, 0) is 6.42 Å². The van der Waals surface area contributed by atoms with E-state index in [1.807, 2.05) is 19.1 Å². The minimum absolute atomic E-state index is 0.240. The fourth-order valence-corrected chi connectivity index (χ4v) is 3.14. The van der Waals surface area contributed by atoms with Crippen molar-refractivity contribution in [1.29, 1.82) is 0 Å². The summed E-state index contributed by atoms with van der Waals surface area (Å²) in [7, 11) is 0. The summed E-state index contributed by atoms with van der Waals surface area (Å²) in [6.45, 7) is 2.27. The van der Waals surface area contributed by atoms with Crippen LogP contribution in [0.25, 0.3) is 10.6 Å². The Kier molecular flexibility index (Phi) is 4.31. The molecule has 4 heteroatoms. The maximum absolute atomic E-state index is 8.86. The predicted molar refractivity (Wildman–Crippen MR) is 75.4 cm³/mol. The van der Waals surface area contributed by atoms with Crippen molar-refractivity contribution in [3.63, 3.8) is 0 Å². The van der Waals surface area contributed by atoms with E-state index in [0.29, 0.717) is 0 Å². The first-order valence-corrected chi connectivity index (χ1v) is 7.15. The zero-order chi connectivity index (χ0) is 12.3. The Hall–Kier alpha value is -0.710. The molecule has 0 aliphatic rings. The third kappa shape index (κ3) is 3.15. The van der Waals surface area contributed by atoms with Gasteiger partial charge < -0.3 is 5.11 Å². The number of halogens is 1. The number of thiazole rings is 1. The number of hydrogen-bond acceptors (Lipinski definition) is 3. The molecule has 17 heavy (non-hydrogen) atoms. The van der Waals surface area contributed by atoms with Gasteiger partial charge >= 0.3 is 0 Å². The summed E-state index contributed by atoms with van der Waals surface area (Å²) in [5.41, 5.74) is 2.22. The second kappa shape index (κ2) is 5.76. The van der Waals surface area contributed by atoms with Gasteiger partial charge in [-0.25, -0.2) is 4.98 Å². The lowest BCUT2D eigenvalue weighted by Crippen LogP contribution is -1.88. The number of aliphatic hydroxyl groups is 1. The molecule has 1 heterocycles. The molecule has 0 unspecified atom stereocenters. The number of aliphatic hydroxyl groups excluding tert-OH is 1. The smallest absolute Gasteiger partial charge is 0.123 e. The lowest BCUT2D eigenvalue weighted by atomic mass is 10.2. The van der Waals surface area contributed by atoms with E-state index >= 15 is 0 Å². The number of nitrogens with zero attached hydrogens (tertiary/aromatic N) is 1. The highest BCUT2D eigenvalue weighted by Crippen LogP contribution is 2.30. The summed E-state index contributed by atoms with van der Waals surface area (Å²) in [6.07, 6.45) is 1.72. The molecule has 2 nitrogen and oxygen atoms in total. The van der Waals surface area contributed by atoms with Crippen LogP contribution in [0.3, 0.4) is 0 Å². The van der Waals surface area contributed by atoms with Crippen molar-refractivity contribution >= 4 is 27.3 Å². The number of aryl methyl sites for hydroxylation is 2. The van der Waals surface area contributed by atoms with Gasteiger partial charge in [-0.1, -0.05) is 28.1 Å². The lowest BCUT2D eigenvalue weighted by molar-refractivity contribution is 0.289. The normalized spacial score (nSPS) is 10.8. The SMILES string of the molecule is Cc1nc(-c2cccc(Br)c2)sc1CCCO. The average molecular weight is 312 g/mol. The first-order chi connectivity index (χ1) is 8.20. The molecule has 0 amide bonds. The molecule has 0 fully saturated rings.